The molecule has 0 radical (unpaired) electrons. The van der Waals surface area contributed by atoms with E-state index in [9.17, 15) is 23.6 Å². The number of hydrogen-bond acceptors (Lipinski definition) is 5. The molecule has 1 saturated heterocycles. The van der Waals surface area contributed by atoms with Crippen molar-refractivity contribution in [3.8, 4) is 17.5 Å². The molecule has 6 nitrogen and oxygen atoms in total. The minimum absolute atomic E-state index is 0.00811. The number of likely N-dealkylation sites (tertiary alicyclic amines) is 1. The van der Waals surface area contributed by atoms with Crippen LogP contribution >= 0.6 is 11.3 Å². The van der Waals surface area contributed by atoms with Gasteiger partial charge in [-0.1, -0.05) is 31.2 Å². The van der Waals surface area contributed by atoms with E-state index in [-0.39, 0.29) is 27.5 Å². The van der Waals surface area contributed by atoms with E-state index in [1.54, 1.807) is 35.2 Å². The lowest BCUT2D eigenvalue weighted by atomic mass is 10.1. The predicted octanol–water partition coefficient (Wildman–Crippen LogP) is 3.19. The molecule has 0 aliphatic carbocycles. The van der Waals surface area contributed by atoms with Crippen molar-refractivity contribution >= 4 is 28.9 Å². The molecule has 3 aromatic rings. The van der Waals surface area contributed by atoms with E-state index in [4.69, 9.17) is 0 Å². The summed E-state index contributed by atoms with van der Waals surface area (Å²) in [6.07, 6.45) is 4.20. The van der Waals surface area contributed by atoms with Gasteiger partial charge < -0.3 is 9.64 Å². The smallest absolute Gasteiger partial charge is 0.387 e. The summed E-state index contributed by atoms with van der Waals surface area (Å²) in [5.74, 6) is -0.376. The van der Waals surface area contributed by atoms with Gasteiger partial charge in [0.25, 0.3) is 11.5 Å². The van der Waals surface area contributed by atoms with Crippen LogP contribution in [0.3, 0.4) is 0 Å². The summed E-state index contributed by atoms with van der Waals surface area (Å²) in [6.45, 7) is 0.260. The molecule has 0 unspecified atom stereocenters. The summed E-state index contributed by atoms with van der Waals surface area (Å²) in [4.78, 5) is 28.3. The lowest BCUT2D eigenvalue weighted by Gasteiger charge is -2.14. The average molecular weight is 496 g/mol. The third-order valence-electron chi connectivity index (χ3n) is 5.76. The summed E-state index contributed by atoms with van der Waals surface area (Å²) in [6, 6.07) is 15.3. The van der Waals surface area contributed by atoms with Crippen molar-refractivity contribution in [2.45, 2.75) is 32.8 Å². The number of carbonyl (C=O) groups excluding carboxylic acids is 1. The predicted molar refractivity (Wildman–Crippen MR) is 130 cm³/mol. The number of carbonyl (C=O) groups is 1. The quantitative estimate of drug-likeness (QED) is 0.527. The maximum Gasteiger partial charge on any atom is 0.387 e. The molecule has 0 N–H and O–H groups in total. The Kier molecular flexibility index (Phi) is 7.42. The highest BCUT2D eigenvalue weighted by Crippen LogP contribution is 2.16. The van der Waals surface area contributed by atoms with Crippen molar-refractivity contribution in [2.24, 2.45) is 0 Å². The summed E-state index contributed by atoms with van der Waals surface area (Å²) >= 11 is 1.06. The number of thiazole rings is 1. The highest BCUT2D eigenvalue weighted by atomic mass is 32.1. The number of aryl methyl sites for hydroxylation is 1. The van der Waals surface area contributed by atoms with Crippen LogP contribution in [0.5, 0.6) is 5.75 Å². The normalized spacial score (nSPS) is 14.8. The fraction of sp³-hybridized carbons (Fsp3) is 0.269. The first-order chi connectivity index (χ1) is 16.9. The van der Waals surface area contributed by atoms with Crippen molar-refractivity contribution < 1.29 is 18.3 Å². The third-order valence-corrected chi connectivity index (χ3v) is 6.85. The first-order valence-corrected chi connectivity index (χ1v) is 12.0. The van der Waals surface area contributed by atoms with Crippen LogP contribution in [0.1, 0.15) is 30.9 Å². The number of hydrogen-bond donors (Lipinski definition) is 0. The lowest BCUT2D eigenvalue weighted by molar-refractivity contribution is -0.123. The van der Waals surface area contributed by atoms with Gasteiger partial charge in [-0.15, -0.1) is 11.3 Å². The Hall–Kier alpha value is -3.77. The SMILES string of the molecule is CCc1ccc(-n2c(=O)/c(=C\c3ccc(OC(F)F)cc3)s/c2=C(/C#N)C(=O)N2CCCC2)cc1. The van der Waals surface area contributed by atoms with Gasteiger partial charge in [-0.05, 0) is 60.7 Å². The van der Waals surface area contributed by atoms with Crippen LogP contribution in [0.15, 0.2) is 53.3 Å². The van der Waals surface area contributed by atoms with E-state index in [0.717, 1.165) is 36.2 Å². The van der Waals surface area contributed by atoms with Gasteiger partial charge in [-0.3, -0.25) is 14.2 Å². The van der Waals surface area contributed by atoms with Crippen molar-refractivity contribution in [3.63, 3.8) is 0 Å². The maximum absolute atomic E-state index is 13.5. The van der Waals surface area contributed by atoms with E-state index in [1.807, 2.05) is 25.1 Å². The molecule has 4 rings (SSSR count). The highest BCUT2D eigenvalue weighted by molar-refractivity contribution is 7.07. The van der Waals surface area contributed by atoms with Crippen LogP contribution in [0, 0.1) is 11.3 Å². The van der Waals surface area contributed by atoms with Crippen LogP contribution in [0.2, 0.25) is 0 Å². The average Bonchev–Trinajstić information content (AvgIpc) is 3.50. The van der Waals surface area contributed by atoms with E-state index in [1.165, 1.54) is 16.7 Å². The molecule has 0 atom stereocenters. The molecule has 0 bridgehead atoms. The minimum atomic E-state index is -2.93. The molecule has 2 heterocycles. The fourth-order valence-corrected chi connectivity index (χ4v) is 5.02. The van der Waals surface area contributed by atoms with Gasteiger partial charge in [0.15, 0.2) is 5.57 Å². The van der Waals surface area contributed by atoms with Crippen molar-refractivity contribution in [1.82, 2.24) is 9.47 Å². The Morgan fingerprint density at radius 1 is 1.14 bits per heavy atom. The van der Waals surface area contributed by atoms with Crippen molar-refractivity contribution in [1.29, 1.82) is 5.26 Å². The summed E-state index contributed by atoms with van der Waals surface area (Å²) in [5, 5.41) is 9.93. The molecule has 1 aliphatic heterocycles. The van der Waals surface area contributed by atoms with Crippen LogP contribution < -0.4 is 19.5 Å². The molecule has 1 aliphatic rings. The van der Waals surface area contributed by atoms with E-state index in [2.05, 4.69) is 4.74 Å². The molecule has 35 heavy (non-hydrogen) atoms. The minimum Gasteiger partial charge on any atom is -0.435 e. The number of nitrogens with zero attached hydrogens (tertiary/aromatic N) is 3. The van der Waals surface area contributed by atoms with Crippen LogP contribution in [0.4, 0.5) is 8.78 Å². The summed E-state index contributed by atoms with van der Waals surface area (Å²) in [5.41, 5.74) is 1.79. The van der Waals surface area contributed by atoms with E-state index >= 15 is 0 Å². The van der Waals surface area contributed by atoms with Crippen LogP contribution in [-0.2, 0) is 11.2 Å². The fourth-order valence-electron chi connectivity index (χ4n) is 3.93. The zero-order chi connectivity index (χ0) is 24.9. The second kappa shape index (κ2) is 10.7. The number of alkyl halides is 2. The van der Waals surface area contributed by atoms with Gasteiger partial charge in [0, 0.05) is 13.1 Å². The third kappa shape index (κ3) is 5.33. The first kappa shape index (κ1) is 24.4. The van der Waals surface area contributed by atoms with Gasteiger partial charge in [0.2, 0.25) is 0 Å². The van der Waals surface area contributed by atoms with Crippen LogP contribution in [-0.4, -0.2) is 35.1 Å². The van der Waals surface area contributed by atoms with E-state index < -0.39 is 6.61 Å². The molecule has 0 saturated carbocycles. The number of rotatable bonds is 6. The molecular formula is C26H23F2N3O3S. The van der Waals surface area contributed by atoms with Gasteiger partial charge in [0.05, 0.1) is 10.2 Å². The van der Waals surface area contributed by atoms with Gasteiger partial charge in [0.1, 0.15) is 16.5 Å². The van der Waals surface area contributed by atoms with Gasteiger partial charge in [-0.2, -0.15) is 14.0 Å². The molecule has 180 valence electrons. The summed E-state index contributed by atoms with van der Waals surface area (Å²) in [7, 11) is 0. The number of nitriles is 1. The molecule has 1 fully saturated rings. The monoisotopic (exact) mass is 495 g/mol. The zero-order valence-corrected chi connectivity index (χ0v) is 19.9. The molecule has 1 amide bonds. The maximum atomic E-state index is 13.5. The first-order valence-electron chi connectivity index (χ1n) is 11.2. The highest BCUT2D eigenvalue weighted by Gasteiger charge is 2.24. The Bertz CT molecular complexity index is 1430. The Labute approximate surface area is 204 Å². The van der Waals surface area contributed by atoms with Gasteiger partial charge >= 0.3 is 6.61 Å². The number of amides is 1. The van der Waals surface area contributed by atoms with E-state index in [0.29, 0.717) is 28.9 Å². The van der Waals surface area contributed by atoms with Crippen LogP contribution in [0.25, 0.3) is 17.3 Å². The summed E-state index contributed by atoms with van der Waals surface area (Å²) < 4.78 is 31.2. The number of ether oxygens (including phenoxy) is 1. The Morgan fingerprint density at radius 2 is 1.80 bits per heavy atom. The number of benzene rings is 2. The second-order valence-corrected chi connectivity index (χ2v) is 9.04. The molecule has 2 aromatic carbocycles. The molecule has 0 spiro atoms. The van der Waals surface area contributed by atoms with Crippen molar-refractivity contribution in [2.75, 3.05) is 13.1 Å². The zero-order valence-electron chi connectivity index (χ0n) is 19.0. The Morgan fingerprint density at radius 3 is 2.37 bits per heavy atom. The van der Waals surface area contributed by atoms with Crippen molar-refractivity contribution in [3.05, 3.63) is 79.2 Å². The molecule has 1 aromatic heterocycles. The topological polar surface area (TPSA) is 75.3 Å². The lowest BCUT2D eigenvalue weighted by Crippen LogP contribution is -2.35. The second-order valence-electron chi connectivity index (χ2n) is 8.01. The standard InChI is InChI=1S/C26H23F2N3O3S/c1-2-17-5-9-19(10-6-17)31-24(33)22(15-18-7-11-20(12-8-18)34-26(27)28)35-25(31)21(16-29)23(32)30-13-3-4-14-30/h5-12,15,26H,2-4,13-14H2,1H3/b22-15+,25-21-. The number of halogens is 2. The molecule has 9 heteroatoms. The number of aromatic nitrogens is 1. The largest absolute Gasteiger partial charge is 0.435 e. The Balaban J connectivity index is 1.90. The molecular weight excluding hydrogens is 472 g/mol. The van der Waals surface area contributed by atoms with Gasteiger partial charge in [-0.25, -0.2) is 0 Å².